The van der Waals surface area contributed by atoms with Crippen molar-refractivity contribution < 1.29 is 4.74 Å². The van der Waals surface area contributed by atoms with Crippen LogP contribution in [0.25, 0.3) is 0 Å². The maximum atomic E-state index is 6.18. The van der Waals surface area contributed by atoms with Crippen molar-refractivity contribution in [1.29, 1.82) is 0 Å². The molecular formula is C16H31NO. The number of ether oxygens (including phenoxy) is 1. The van der Waals surface area contributed by atoms with Crippen LogP contribution in [0, 0.1) is 5.41 Å². The Labute approximate surface area is 113 Å². The van der Waals surface area contributed by atoms with Gasteiger partial charge in [-0.1, -0.05) is 26.7 Å². The zero-order valence-electron chi connectivity index (χ0n) is 12.5. The van der Waals surface area contributed by atoms with Crippen LogP contribution in [0.5, 0.6) is 0 Å². The molecule has 1 unspecified atom stereocenters. The molecule has 1 atom stereocenters. The first kappa shape index (κ1) is 14.3. The first-order chi connectivity index (χ1) is 8.55. The van der Waals surface area contributed by atoms with Crippen molar-refractivity contribution in [2.24, 2.45) is 5.41 Å². The lowest BCUT2D eigenvalue weighted by atomic mass is 9.76. The molecule has 2 nitrogen and oxygen atoms in total. The van der Waals surface area contributed by atoms with Crippen molar-refractivity contribution in [3.63, 3.8) is 0 Å². The van der Waals surface area contributed by atoms with Gasteiger partial charge in [0.25, 0.3) is 0 Å². The molecule has 2 fully saturated rings. The van der Waals surface area contributed by atoms with Crippen LogP contribution in [-0.4, -0.2) is 24.8 Å². The lowest BCUT2D eigenvalue weighted by molar-refractivity contribution is -0.0372. The number of hydrogen-bond donors (Lipinski definition) is 1. The lowest BCUT2D eigenvalue weighted by Crippen LogP contribution is -2.37. The predicted molar refractivity (Wildman–Crippen MR) is 76.8 cm³/mol. The van der Waals surface area contributed by atoms with Gasteiger partial charge in [-0.25, -0.2) is 0 Å². The first-order valence-corrected chi connectivity index (χ1v) is 7.94. The molecule has 0 saturated heterocycles. The molecular weight excluding hydrogens is 222 g/mol. The van der Waals surface area contributed by atoms with Gasteiger partial charge < -0.3 is 10.1 Å². The Hall–Kier alpha value is -0.0800. The van der Waals surface area contributed by atoms with Crippen LogP contribution in [0.4, 0.5) is 0 Å². The molecule has 0 aromatic carbocycles. The van der Waals surface area contributed by atoms with Crippen molar-refractivity contribution in [2.75, 3.05) is 6.54 Å². The minimum absolute atomic E-state index is 0.372. The molecule has 18 heavy (non-hydrogen) atoms. The van der Waals surface area contributed by atoms with E-state index in [9.17, 15) is 0 Å². The summed E-state index contributed by atoms with van der Waals surface area (Å²) in [7, 11) is 0. The third-order valence-electron chi connectivity index (χ3n) is 4.76. The minimum Gasteiger partial charge on any atom is -0.374 e. The van der Waals surface area contributed by atoms with Crippen molar-refractivity contribution in [3.05, 3.63) is 0 Å². The second kappa shape index (κ2) is 6.38. The summed E-state index contributed by atoms with van der Waals surface area (Å²) in [5, 5.41) is 3.66. The molecule has 0 bridgehead atoms. The molecule has 106 valence electrons. The SMILES string of the molecule is CC(CNC1CCCC1)OC1CCC(C)(C)CC1. The molecule has 0 heterocycles. The number of rotatable bonds is 5. The highest BCUT2D eigenvalue weighted by atomic mass is 16.5. The third-order valence-corrected chi connectivity index (χ3v) is 4.76. The molecule has 0 radical (unpaired) electrons. The van der Waals surface area contributed by atoms with E-state index in [4.69, 9.17) is 4.74 Å². The van der Waals surface area contributed by atoms with Gasteiger partial charge in [-0.3, -0.25) is 0 Å². The summed E-state index contributed by atoms with van der Waals surface area (Å²) in [5.41, 5.74) is 0.547. The van der Waals surface area contributed by atoms with Crippen LogP contribution in [0.1, 0.15) is 72.1 Å². The lowest BCUT2D eigenvalue weighted by Gasteiger charge is -2.35. The zero-order valence-corrected chi connectivity index (χ0v) is 12.5. The normalized spacial score (nSPS) is 27.5. The summed E-state index contributed by atoms with van der Waals surface area (Å²) in [6.07, 6.45) is 11.6. The standard InChI is InChI=1S/C16H31NO/c1-13(12-17-14-6-4-5-7-14)18-15-8-10-16(2,3)11-9-15/h13-15,17H,4-12H2,1-3H3. The Balaban J connectivity index is 1.60. The number of hydrogen-bond acceptors (Lipinski definition) is 2. The average molecular weight is 253 g/mol. The van der Waals surface area contributed by atoms with Crippen LogP contribution in [0.3, 0.4) is 0 Å². The van der Waals surface area contributed by atoms with Gasteiger partial charge >= 0.3 is 0 Å². The van der Waals surface area contributed by atoms with Crippen molar-refractivity contribution in [1.82, 2.24) is 5.32 Å². The van der Waals surface area contributed by atoms with Crippen LogP contribution < -0.4 is 5.32 Å². The highest BCUT2D eigenvalue weighted by Gasteiger charge is 2.28. The molecule has 0 aromatic rings. The van der Waals surface area contributed by atoms with Crippen LogP contribution in [0.15, 0.2) is 0 Å². The smallest absolute Gasteiger partial charge is 0.0675 e. The van der Waals surface area contributed by atoms with E-state index in [0.29, 0.717) is 17.6 Å². The molecule has 2 saturated carbocycles. The number of nitrogens with one attached hydrogen (secondary N) is 1. The Kier molecular flexibility index (Phi) is 5.08. The van der Waals surface area contributed by atoms with Gasteiger partial charge in [0.2, 0.25) is 0 Å². The third kappa shape index (κ3) is 4.55. The summed E-state index contributed by atoms with van der Waals surface area (Å²) < 4.78 is 6.18. The predicted octanol–water partition coefficient (Wildman–Crippen LogP) is 3.89. The van der Waals surface area contributed by atoms with Crippen molar-refractivity contribution in [3.8, 4) is 0 Å². The maximum absolute atomic E-state index is 6.18. The monoisotopic (exact) mass is 253 g/mol. The molecule has 0 spiro atoms. The second-order valence-corrected chi connectivity index (χ2v) is 7.20. The molecule has 2 heteroatoms. The van der Waals surface area contributed by atoms with E-state index in [2.05, 4.69) is 26.1 Å². The Morgan fingerprint density at radius 1 is 1.11 bits per heavy atom. The van der Waals surface area contributed by atoms with Gasteiger partial charge in [0.05, 0.1) is 12.2 Å². The molecule has 2 rings (SSSR count). The van der Waals surface area contributed by atoms with E-state index in [1.807, 2.05) is 0 Å². The van der Waals surface area contributed by atoms with E-state index < -0.39 is 0 Å². The maximum Gasteiger partial charge on any atom is 0.0675 e. The highest BCUT2D eigenvalue weighted by molar-refractivity contribution is 4.80. The summed E-state index contributed by atoms with van der Waals surface area (Å²) in [6, 6.07) is 0.765. The van der Waals surface area contributed by atoms with Crippen LogP contribution in [-0.2, 0) is 4.74 Å². The molecule has 1 N–H and O–H groups in total. The average Bonchev–Trinajstić information content (AvgIpc) is 2.82. The van der Waals surface area contributed by atoms with Crippen molar-refractivity contribution >= 4 is 0 Å². The second-order valence-electron chi connectivity index (χ2n) is 7.20. The van der Waals surface area contributed by atoms with E-state index >= 15 is 0 Å². The quantitative estimate of drug-likeness (QED) is 0.802. The van der Waals surface area contributed by atoms with Crippen LogP contribution in [0.2, 0.25) is 0 Å². The first-order valence-electron chi connectivity index (χ1n) is 7.94. The topological polar surface area (TPSA) is 21.3 Å². The molecule has 2 aliphatic carbocycles. The van der Waals surface area contributed by atoms with Gasteiger partial charge in [-0.15, -0.1) is 0 Å². The minimum atomic E-state index is 0.372. The largest absolute Gasteiger partial charge is 0.374 e. The van der Waals surface area contributed by atoms with E-state index in [-0.39, 0.29) is 0 Å². The fourth-order valence-corrected chi connectivity index (χ4v) is 3.35. The van der Waals surface area contributed by atoms with Gasteiger partial charge in [-0.05, 0) is 50.9 Å². The Morgan fingerprint density at radius 2 is 1.72 bits per heavy atom. The van der Waals surface area contributed by atoms with Gasteiger partial charge in [0, 0.05) is 12.6 Å². The van der Waals surface area contributed by atoms with Crippen LogP contribution >= 0.6 is 0 Å². The molecule has 0 amide bonds. The van der Waals surface area contributed by atoms with E-state index in [1.165, 1.54) is 51.4 Å². The zero-order chi connectivity index (χ0) is 13.0. The van der Waals surface area contributed by atoms with E-state index in [1.54, 1.807) is 0 Å². The van der Waals surface area contributed by atoms with Gasteiger partial charge in [0.15, 0.2) is 0 Å². The van der Waals surface area contributed by atoms with E-state index in [0.717, 1.165) is 12.6 Å². The summed E-state index contributed by atoms with van der Waals surface area (Å²) in [6.45, 7) is 8.02. The highest BCUT2D eigenvalue weighted by Crippen LogP contribution is 2.36. The molecule has 0 aromatic heterocycles. The van der Waals surface area contributed by atoms with Crippen molar-refractivity contribution in [2.45, 2.75) is 90.4 Å². The summed E-state index contributed by atoms with van der Waals surface area (Å²) in [5.74, 6) is 0. The summed E-state index contributed by atoms with van der Waals surface area (Å²) in [4.78, 5) is 0. The Morgan fingerprint density at radius 3 is 2.33 bits per heavy atom. The summed E-state index contributed by atoms with van der Waals surface area (Å²) >= 11 is 0. The fraction of sp³-hybridized carbons (Fsp3) is 1.00. The van der Waals surface area contributed by atoms with Gasteiger partial charge in [0.1, 0.15) is 0 Å². The fourth-order valence-electron chi connectivity index (χ4n) is 3.35. The Bertz CT molecular complexity index is 235. The molecule has 2 aliphatic rings. The molecule has 0 aliphatic heterocycles. The van der Waals surface area contributed by atoms with Gasteiger partial charge in [-0.2, -0.15) is 0 Å².